The van der Waals surface area contributed by atoms with Crippen molar-refractivity contribution in [1.29, 1.82) is 0 Å². The smallest absolute Gasteiger partial charge is 0.267 e. The largest absolute Gasteiger partial charge is 0.364 e. The van der Waals surface area contributed by atoms with Gasteiger partial charge in [-0.25, -0.2) is 9.97 Å². The number of hydrogen-bond acceptors (Lipinski definition) is 4. The number of carbonyl (C=O) groups is 1. The zero-order chi connectivity index (χ0) is 11.3. The van der Waals surface area contributed by atoms with E-state index in [1.807, 2.05) is 0 Å². The van der Waals surface area contributed by atoms with E-state index < -0.39 is 5.91 Å². The molecule has 5 nitrogen and oxygen atoms in total. The molecule has 0 aromatic carbocycles. The van der Waals surface area contributed by atoms with Crippen LogP contribution >= 0.6 is 0 Å². The highest BCUT2D eigenvalue weighted by Crippen LogP contribution is 2.04. The molecule has 1 atom stereocenters. The monoisotopic (exact) mass is 208 g/mol. The first kappa shape index (κ1) is 11.4. The molecule has 3 N–H and O–H groups in total. The Bertz CT molecular complexity index is 340. The summed E-state index contributed by atoms with van der Waals surface area (Å²) in [5, 5.41) is 3.06. The summed E-state index contributed by atoms with van der Waals surface area (Å²) in [6.45, 7) is 5.04. The van der Waals surface area contributed by atoms with Crippen LogP contribution in [0.15, 0.2) is 12.3 Å². The van der Waals surface area contributed by atoms with Crippen molar-refractivity contribution in [2.75, 3.05) is 11.9 Å². The van der Waals surface area contributed by atoms with Gasteiger partial charge in [0.25, 0.3) is 5.91 Å². The third-order valence-electron chi connectivity index (χ3n) is 2.21. The SMILES string of the molecule is CCC(C)CNc1nccc(C(N)=O)n1. The summed E-state index contributed by atoms with van der Waals surface area (Å²) in [6.07, 6.45) is 2.61. The lowest BCUT2D eigenvalue weighted by Gasteiger charge is -2.09. The van der Waals surface area contributed by atoms with Crippen molar-refractivity contribution in [2.45, 2.75) is 20.3 Å². The van der Waals surface area contributed by atoms with Gasteiger partial charge < -0.3 is 11.1 Å². The summed E-state index contributed by atoms with van der Waals surface area (Å²) in [5.74, 6) is 0.460. The van der Waals surface area contributed by atoms with Gasteiger partial charge >= 0.3 is 0 Å². The Hall–Kier alpha value is -1.65. The van der Waals surface area contributed by atoms with Gasteiger partial charge in [0.05, 0.1) is 0 Å². The Morgan fingerprint density at radius 3 is 3.00 bits per heavy atom. The molecule has 1 heterocycles. The van der Waals surface area contributed by atoms with Crippen LogP contribution in [0.25, 0.3) is 0 Å². The lowest BCUT2D eigenvalue weighted by molar-refractivity contribution is 0.0995. The molecule has 0 saturated carbocycles. The Morgan fingerprint density at radius 1 is 1.67 bits per heavy atom. The average Bonchev–Trinajstić information content (AvgIpc) is 2.26. The third kappa shape index (κ3) is 3.53. The number of anilines is 1. The Kier molecular flexibility index (Phi) is 4.03. The molecule has 1 amide bonds. The lowest BCUT2D eigenvalue weighted by atomic mass is 10.1. The molecule has 1 unspecified atom stereocenters. The number of nitrogens with two attached hydrogens (primary N) is 1. The van der Waals surface area contributed by atoms with Gasteiger partial charge in [-0.2, -0.15) is 0 Å². The topological polar surface area (TPSA) is 80.9 Å². The third-order valence-corrected chi connectivity index (χ3v) is 2.21. The molecule has 0 fully saturated rings. The van der Waals surface area contributed by atoms with Crippen LogP contribution in [0.4, 0.5) is 5.95 Å². The molecule has 0 radical (unpaired) electrons. The predicted octanol–water partition coefficient (Wildman–Crippen LogP) is 1.03. The fourth-order valence-electron chi connectivity index (χ4n) is 0.991. The summed E-state index contributed by atoms with van der Waals surface area (Å²) >= 11 is 0. The minimum absolute atomic E-state index is 0.233. The minimum Gasteiger partial charge on any atom is -0.364 e. The maximum Gasteiger partial charge on any atom is 0.267 e. The normalized spacial score (nSPS) is 12.1. The molecule has 1 aromatic heterocycles. The lowest BCUT2D eigenvalue weighted by Crippen LogP contribution is -2.17. The summed E-state index contributed by atoms with van der Waals surface area (Å²) in [6, 6.07) is 1.50. The summed E-state index contributed by atoms with van der Waals surface area (Å²) in [7, 11) is 0. The average molecular weight is 208 g/mol. The van der Waals surface area contributed by atoms with Crippen LogP contribution in [0.2, 0.25) is 0 Å². The van der Waals surface area contributed by atoms with E-state index in [0.717, 1.165) is 13.0 Å². The van der Waals surface area contributed by atoms with Crippen molar-refractivity contribution >= 4 is 11.9 Å². The first-order valence-corrected chi connectivity index (χ1v) is 5.00. The Morgan fingerprint density at radius 2 is 2.40 bits per heavy atom. The second kappa shape index (κ2) is 5.29. The quantitative estimate of drug-likeness (QED) is 0.757. The molecular formula is C10H16N4O. The second-order valence-corrected chi connectivity index (χ2v) is 3.52. The van der Waals surface area contributed by atoms with Gasteiger partial charge in [-0.15, -0.1) is 0 Å². The molecular weight excluding hydrogens is 192 g/mol. The number of nitrogens with zero attached hydrogens (tertiary/aromatic N) is 2. The molecule has 0 saturated heterocycles. The number of nitrogens with one attached hydrogen (secondary N) is 1. The molecule has 82 valence electrons. The van der Waals surface area contributed by atoms with E-state index in [9.17, 15) is 4.79 Å². The van der Waals surface area contributed by atoms with Crippen molar-refractivity contribution in [3.8, 4) is 0 Å². The van der Waals surface area contributed by atoms with Gasteiger partial charge in [0.1, 0.15) is 5.69 Å². The van der Waals surface area contributed by atoms with Crippen LogP contribution in [0.1, 0.15) is 30.8 Å². The van der Waals surface area contributed by atoms with Crippen LogP contribution in [0, 0.1) is 5.92 Å². The van der Waals surface area contributed by atoms with Gasteiger partial charge in [-0.1, -0.05) is 20.3 Å². The fourth-order valence-corrected chi connectivity index (χ4v) is 0.991. The van der Waals surface area contributed by atoms with E-state index in [2.05, 4.69) is 29.1 Å². The van der Waals surface area contributed by atoms with Crippen molar-refractivity contribution in [3.05, 3.63) is 18.0 Å². The summed E-state index contributed by atoms with van der Waals surface area (Å²) in [5.41, 5.74) is 5.34. The minimum atomic E-state index is -0.538. The maximum atomic E-state index is 10.9. The van der Waals surface area contributed by atoms with Crippen LogP contribution in [-0.4, -0.2) is 22.4 Å². The fraction of sp³-hybridized carbons (Fsp3) is 0.500. The molecule has 15 heavy (non-hydrogen) atoms. The van der Waals surface area contributed by atoms with Crippen LogP contribution in [0.3, 0.4) is 0 Å². The maximum absolute atomic E-state index is 10.9. The molecule has 5 heteroatoms. The molecule has 0 aliphatic carbocycles. The number of carbonyl (C=O) groups excluding carboxylic acids is 1. The van der Waals surface area contributed by atoms with Gasteiger partial charge in [0, 0.05) is 12.7 Å². The highest BCUT2D eigenvalue weighted by Gasteiger charge is 2.04. The van der Waals surface area contributed by atoms with Gasteiger partial charge in [0.15, 0.2) is 0 Å². The summed E-state index contributed by atoms with van der Waals surface area (Å²) in [4.78, 5) is 18.8. The van der Waals surface area contributed by atoms with Gasteiger partial charge in [0.2, 0.25) is 5.95 Å². The molecule has 0 aliphatic heterocycles. The zero-order valence-electron chi connectivity index (χ0n) is 9.03. The highest BCUT2D eigenvalue weighted by atomic mass is 16.1. The van der Waals surface area contributed by atoms with Crippen molar-refractivity contribution in [1.82, 2.24) is 9.97 Å². The predicted molar refractivity (Wildman–Crippen MR) is 58.5 cm³/mol. The standard InChI is InChI=1S/C10H16N4O/c1-3-7(2)6-13-10-12-5-4-8(14-10)9(11)15/h4-5,7H,3,6H2,1-2H3,(H2,11,15)(H,12,13,14). The van der Waals surface area contributed by atoms with E-state index >= 15 is 0 Å². The second-order valence-electron chi connectivity index (χ2n) is 3.52. The van der Waals surface area contributed by atoms with Crippen LogP contribution in [-0.2, 0) is 0 Å². The summed E-state index contributed by atoms with van der Waals surface area (Å²) < 4.78 is 0. The van der Waals surface area contributed by atoms with E-state index in [-0.39, 0.29) is 5.69 Å². The van der Waals surface area contributed by atoms with Crippen molar-refractivity contribution < 1.29 is 4.79 Å². The Labute approximate surface area is 89.1 Å². The van der Waals surface area contributed by atoms with E-state index in [4.69, 9.17) is 5.73 Å². The Balaban J connectivity index is 2.62. The van der Waals surface area contributed by atoms with E-state index in [1.165, 1.54) is 12.3 Å². The van der Waals surface area contributed by atoms with Crippen molar-refractivity contribution in [2.24, 2.45) is 11.7 Å². The van der Waals surface area contributed by atoms with E-state index in [1.54, 1.807) is 0 Å². The number of hydrogen-bond donors (Lipinski definition) is 2. The number of aromatic nitrogens is 2. The number of amides is 1. The van der Waals surface area contributed by atoms with Crippen LogP contribution in [0.5, 0.6) is 0 Å². The molecule has 0 spiro atoms. The molecule has 0 aliphatic rings. The number of primary amides is 1. The first-order chi connectivity index (χ1) is 7.13. The molecule has 1 rings (SSSR count). The van der Waals surface area contributed by atoms with Gasteiger partial charge in [-0.3, -0.25) is 4.79 Å². The highest BCUT2D eigenvalue weighted by molar-refractivity contribution is 5.90. The number of rotatable bonds is 5. The van der Waals surface area contributed by atoms with Gasteiger partial charge in [-0.05, 0) is 12.0 Å². The van der Waals surface area contributed by atoms with Crippen molar-refractivity contribution in [3.63, 3.8) is 0 Å². The van der Waals surface area contributed by atoms with E-state index in [0.29, 0.717) is 11.9 Å². The van der Waals surface area contributed by atoms with Crippen LogP contribution < -0.4 is 11.1 Å². The molecule has 1 aromatic rings. The first-order valence-electron chi connectivity index (χ1n) is 5.00. The zero-order valence-corrected chi connectivity index (χ0v) is 9.03. The molecule has 0 bridgehead atoms.